The van der Waals surface area contributed by atoms with Gasteiger partial charge < -0.3 is 14.2 Å². The SMILES string of the molecule is C[C@H]1CN2C(=O)c3c(OP)c(=O)ccn3N([C@@H]3c4ccccc4SCc4c3ccc(F)c4F)[C@@H]2CO1. The van der Waals surface area contributed by atoms with Crippen LogP contribution in [-0.2, 0) is 10.5 Å². The van der Waals surface area contributed by atoms with Crippen molar-refractivity contribution in [2.75, 3.05) is 18.2 Å². The van der Waals surface area contributed by atoms with Crippen molar-refractivity contribution in [3.63, 3.8) is 0 Å². The van der Waals surface area contributed by atoms with E-state index in [4.69, 9.17) is 9.26 Å². The molecule has 0 bridgehead atoms. The number of benzene rings is 2. The molecule has 0 aliphatic carbocycles. The summed E-state index contributed by atoms with van der Waals surface area (Å²) in [5.41, 5.74) is 1.35. The quantitative estimate of drug-likeness (QED) is 0.471. The molecule has 0 N–H and O–H groups in total. The summed E-state index contributed by atoms with van der Waals surface area (Å²) in [6.45, 7) is 2.37. The molecule has 0 spiro atoms. The van der Waals surface area contributed by atoms with Crippen LogP contribution < -0.4 is 15.0 Å². The topological polar surface area (TPSA) is 64.0 Å². The predicted octanol–water partition coefficient (Wildman–Crippen LogP) is 3.83. The van der Waals surface area contributed by atoms with Crippen LogP contribution in [0.5, 0.6) is 5.75 Å². The first-order valence-corrected chi connectivity index (χ1v) is 12.9. The minimum atomic E-state index is -0.910. The molecule has 3 aromatic rings. The van der Waals surface area contributed by atoms with Crippen molar-refractivity contribution >= 4 is 27.1 Å². The predicted molar refractivity (Wildman–Crippen MR) is 134 cm³/mol. The number of aromatic nitrogens is 1. The Kier molecular flexibility index (Phi) is 5.78. The largest absolute Gasteiger partial charge is 0.474 e. The number of ether oxygens (including phenoxy) is 1. The molecule has 1 amide bonds. The Labute approximate surface area is 212 Å². The fourth-order valence-corrected chi connectivity index (χ4v) is 6.61. The van der Waals surface area contributed by atoms with E-state index in [1.54, 1.807) is 15.6 Å². The Morgan fingerprint density at radius 3 is 2.72 bits per heavy atom. The maximum Gasteiger partial charge on any atom is 0.278 e. The maximum atomic E-state index is 15.2. The van der Waals surface area contributed by atoms with E-state index in [0.717, 1.165) is 16.5 Å². The third-order valence-electron chi connectivity index (χ3n) is 6.89. The maximum absolute atomic E-state index is 15.2. The normalized spacial score (nSPS) is 22.8. The summed E-state index contributed by atoms with van der Waals surface area (Å²) in [4.78, 5) is 28.9. The molecule has 3 aliphatic heterocycles. The lowest BCUT2D eigenvalue weighted by Gasteiger charge is -2.52. The van der Waals surface area contributed by atoms with Gasteiger partial charge in [-0.25, -0.2) is 8.78 Å². The number of thioether (sulfide) groups is 1. The van der Waals surface area contributed by atoms with Crippen LogP contribution in [0, 0.1) is 11.6 Å². The van der Waals surface area contributed by atoms with Gasteiger partial charge in [-0.1, -0.05) is 24.3 Å². The fourth-order valence-electron chi connectivity index (χ4n) is 5.27. The second-order valence-corrected chi connectivity index (χ2v) is 10.2. The molecule has 2 aromatic carbocycles. The monoisotopic (exact) mass is 529 g/mol. The van der Waals surface area contributed by atoms with E-state index in [2.05, 4.69) is 0 Å². The molecule has 1 unspecified atom stereocenters. The zero-order valence-corrected chi connectivity index (χ0v) is 21.2. The summed E-state index contributed by atoms with van der Waals surface area (Å²) in [5, 5.41) is 1.91. The number of rotatable bonds is 2. The van der Waals surface area contributed by atoms with Gasteiger partial charge in [0.2, 0.25) is 11.2 Å². The van der Waals surface area contributed by atoms with Crippen molar-refractivity contribution < 1.29 is 22.8 Å². The molecule has 1 fully saturated rings. The van der Waals surface area contributed by atoms with Crippen LogP contribution in [0.2, 0.25) is 0 Å². The summed E-state index contributed by atoms with van der Waals surface area (Å²) < 4.78 is 42.4. The van der Waals surface area contributed by atoms with Crippen LogP contribution in [0.25, 0.3) is 0 Å². The molecule has 0 saturated carbocycles. The first-order valence-electron chi connectivity index (χ1n) is 11.4. The molecular weight excluding hydrogens is 507 g/mol. The molecule has 4 atom stereocenters. The minimum Gasteiger partial charge on any atom is -0.474 e. The summed E-state index contributed by atoms with van der Waals surface area (Å²) in [7, 11) is 2.04. The van der Waals surface area contributed by atoms with E-state index in [1.165, 1.54) is 24.0 Å². The third-order valence-corrected chi connectivity index (χ3v) is 8.24. The van der Waals surface area contributed by atoms with Crippen LogP contribution in [0.1, 0.15) is 40.1 Å². The van der Waals surface area contributed by atoms with Crippen molar-refractivity contribution in [1.29, 1.82) is 0 Å². The lowest BCUT2D eigenvalue weighted by molar-refractivity contribution is -0.0575. The number of nitrogens with zero attached hydrogens (tertiary/aromatic N) is 3. The van der Waals surface area contributed by atoms with Crippen molar-refractivity contribution in [3.8, 4) is 5.75 Å². The fraction of sp³-hybridized carbons (Fsp3) is 0.280. The van der Waals surface area contributed by atoms with Gasteiger partial charge in [0.05, 0.1) is 28.2 Å². The number of halogens is 2. The van der Waals surface area contributed by atoms with Crippen molar-refractivity contribution in [3.05, 3.63) is 92.9 Å². The van der Waals surface area contributed by atoms with E-state index < -0.39 is 29.3 Å². The number of pyridine rings is 1. The van der Waals surface area contributed by atoms with E-state index in [9.17, 15) is 14.0 Å². The van der Waals surface area contributed by atoms with E-state index in [0.29, 0.717) is 12.1 Å². The Morgan fingerprint density at radius 2 is 1.92 bits per heavy atom. The first kappa shape index (κ1) is 23.5. The van der Waals surface area contributed by atoms with Gasteiger partial charge in [0.25, 0.3) is 5.91 Å². The second-order valence-electron chi connectivity index (χ2n) is 8.94. The molecule has 7 nitrogen and oxygen atoms in total. The molecule has 3 aliphatic rings. The van der Waals surface area contributed by atoms with Gasteiger partial charge in [0, 0.05) is 35.0 Å². The highest BCUT2D eigenvalue weighted by atomic mass is 32.2. The van der Waals surface area contributed by atoms with Crippen LogP contribution in [0.15, 0.2) is 58.4 Å². The van der Waals surface area contributed by atoms with Crippen LogP contribution in [0.3, 0.4) is 0 Å². The number of hydrogen-bond acceptors (Lipinski definition) is 6. The Bertz CT molecular complexity index is 1450. The van der Waals surface area contributed by atoms with Crippen LogP contribution in [-0.4, -0.2) is 40.9 Å². The highest BCUT2D eigenvalue weighted by molar-refractivity contribution is 7.98. The zero-order chi connectivity index (χ0) is 25.1. The van der Waals surface area contributed by atoms with Crippen molar-refractivity contribution in [1.82, 2.24) is 9.58 Å². The van der Waals surface area contributed by atoms with Gasteiger partial charge in [-0.05, 0) is 30.2 Å². The number of amides is 1. The number of hydrogen-bond donors (Lipinski definition) is 0. The minimum absolute atomic E-state index is 0.0707. The number of carbonyl (C=O) groups is 1. The molecule has 4 heterocycles. The standard InChI is InChI=1S/C25H22F2N3O4PS/c1-13-10-28-20(11-33-13)30(29-9-8-18(31)24(34-35)23(29)25(28)32)22-14-6-7-17(26)21(27)16(14)12-36-19-5-3-2-4-15(19)22/h2-9,13,20,22H,10-12,35H2,1H3/t13-,20+,22-/m0/s1. The third kappa shape index (κ3) is 3.46. The van der Waals surface area contributed by atoms with Gasteiger partial charge >= 0.3 is 0 Å². The lowest BCUT2D eigenvalue weighted by Crippen LogP contribution is -2.67. The highest BCUT2D eigenvalue weighted by Gasteiger charge is 2.47. The summed E-state index contributed by atoms with van der Waals surface area (Å²) in [5.74, 6) is -2.00. The first-order chi connectivity index (χ1) is 17.4. The second kappa shape index (κ2) is 8.87. The van der Waals surface area contributed by atoms with Crippen molar-refractivity contribution in [2.24, 2.45) is 0 Å². The highest BCUT2D eigenvalue weighted by Crippen LogP contribution is 2.45. The molecule has 11 heteroatoms. The van der Waals surface area contributed by atoms with Crippen molar-refractivity contribution in [2.45, 2.75) is 35.9 Å². The van der Waals surface area contributed by atoms with Crippen LogP contribution in [0.4, 0.5) is 8.78 Å². The zero-order valence-electron chi connectivity index (χ0n) is 19.2. The molecule has 1 aromatic heterocycles. The molecule has 0 radical (unpaired) electrons. The van der Waals surface area contributed by atoms with Gasteiger partial charge in [-0.3, -0.25) is 19.3 Å². The van der Waals surface area contributed by atoms with Gasteiger partial charge in [0.15, 0.2) is 17.3 Å². The average Bonchev–Trinajstić information content (AvgIpc) is 3.04. The van der Waals surface area contributed by atoms with Gasteiger partial charge in [-0.15, -0.1) is 11.8 Å². The Morgan fingerprint density at radius 1 is 1.11 bits per heavy atom. The molecular formula is C25H22F2N3O4PS. The molecule has 1 saturated heterocycles. The Balaban J connectivity index is 1.67. The van der Waals surface area contributed by atoms with E-state index in [1.807, 2.05) is 45.7 Å². The summed E-state index contributed by atoms with van der Waals surface area (Å²) >= 11 is 1.43. The number of fused-ring (bicyclic) bond motifs is 4. The summed E-state index contributed by atoms with van der Waals surface area (Å²) in [6.07, 6.45) is 0.742. The summed E-state index contributed by atoms with van der Waals surface area (Å²) in [6, 6.07) is 11.1. The molecule has 36 heavy (non-hydrogen) atoms. The lowest BCUT2D eigenvalue weighted by atomic mass is 9.93. The molecule has 6 rings (SSSR count). The average molecular weight is 530 g/mol. The molecule has 186 valence electrons. The van der Waals surface area contributed by atoms with E-state index >= 15 is 4.39 Å². The van der Waals surface area contributed by atoms with E-state index in [-0.39, 0.29) is 41.4 Å². The number of carbonyl (C=O) groups excluding carboxylic acids is 1. The van der Waals surface area contributed by atoms with Crippen LogP contribution >= 0.6 is 21.2 Å². The smallest absolute Gasteiger partial charge is 0.278 e. The van der Waals surface area contributed by atoms with Gasteiger partial charge in [0.1, 0.15) is 6.17 Å². The number of morpholine rings is 1. The van der Waals surface area contributed by atoms with Gasteiger partial charge in [-0.2, -0.15) is 0 Å². The Hall–Kier alpha value is -2.94.